The molecule has 6 aromatic carbocycles. The van der Waals surface area contributed by atoms with Crippen LogP contribution < -0.4 is 43.5 Å². The zero-order valence-electron chi connectivity index (χ0n) is 42.1. The van der Waals surface area contributed by atoms with E-state index in [1.807, 2.05) is 53.4 Å². The van der Waals surface area contributed by atoms with Gasteiger partial charge >= 0.3 is 18.8 Å². The largest absolute Gasteiger partial charge is 0.573 e. The number of hydrogen-bond acceptors (Lipinski definition) is 15. The predicted molar refractivity (Wildman–Crippen MR) is 275 cm³/mol. The van der Waals surface area contributed by atoms with Crippen molar-refractivity contribution < 1.29 is 81.9 Å². The Morgan fingerprint density at radius 3 is 1.30 bits per heavy atom. The number of rotatable bonds is 10. The molecule has 2 saturated heterocycles. The molecule has 0 bridgehead atoms. The number of carbonyl (C=O) groups excluding carboxylic acids is 1. The molecule has 6 atom stereocenters. The van der Waals surface area contributed by atoms with Gasteiger partial charge in [-0.2, -0.15) is 0 Å². The van der Waals surface area contributed by atoms with E-state index in [0.717, 1.165) is 59.9 Å². The fraction of sp³-hybridized carbons (Fsp3) is 0.302. The third-order valence-corrected chi connectivity index (χ3v) is 15.8. The topological polar surface area (TPSA) is 218 Å². The zero-order valence-corrected chi connectivity index (χ0v) is 43.7. The van der Waals surface area contributed by atoms with Crippen LogP contribution in [0.25, 0.3) is 0 Å². The van der Waals surface area contributed by atoms with Gasteiger partial charge in [0, 0.05) is 26.2 Å². The van der Waals surface area contributed by atoms with Gasteiger partial charge in [0.1, 0.15) is 17.1 Å². The molecule has 10 rings (SSSR count). The highest BCUT2D eigenvalue weighted by molar-refractivity contribution is 7.89. The monoisotopic (exact) mass is 1140 g/mol. The van der Waals surface area contributed by atoms with Crippen LogP contribution in [-0.4, -0.2) is 119 Å². The predicted octanol–water partition coefficient (Wildman–Crippen LogP) is 8.67. The average Bonchev–Trinajstić information content (AvgIpc) is 3.49. The molecule has 0 radical (unpaired) electrons. The van der Waals surface area contributed by atoms with Crippen LogP contribution in [0.1, 0.15) is 20.8 Å². The van der Waals surface area contributed by atoms with Crippen molar-refractivity contribution in [1.29, 1.82) is 0 Å². The van der Waals surface area contributed by atoms with Crippen molar-refractivity contribution >= 4 is 48.9 Å². The summed E-state index contributed by atoms with van der Waals surface area (Å²) < 4.78 is 158. The maximum atomic E-state index is 13.4. The van der Waals surface area contributed by atoms with Gasteiger partial charge < -0.3 is 53.9 Å². The van der Waals surface area contributed by atoms with Crippen LogP contribution in [0.2, 0.25) is 0 Å². The number of halogens is 6. The maximum Gasteiger partial charge on any atom is 0.573 e. The van der Waals surface area contributed by atoms with Crippen molar-refractivity contribution in [3.8, 4) is 34.5 Å². The molecule has 4 heterocycles. The molecule has 4 aliphatic rings. The molecule has 0 unspecified atom stereocenters. The second kappa shape index (κ2) is 22.1. The summed E-state index contributed by atoms with van der Waals surface area (Å²) in [6.45, 7) is 5.34. The summed E-state index contributed by atoms with van der Waals surface area (Å²) in [5.74, 6) is 1.08. The normalized spacial score (nSPS) is 21.1. The Bertz CT molecular complexity index is 3300. The van der Waals surface area contributed by atoms with Crippen molar-refractivity contribution in [2.75, 3.05) is 36.0 Å². The van der Waals surface area contributed by atoms with E-state index in [0.29, 0.717) is 40.9 Å². The number of likely N-dealkylation sites (tertiary alicyclic amines) is 1. The van der Waals surface area contributed by atoms with E-state index in [1.165, 1.54) is 4.90 Å². The number of alkyl halides is 6. The Balaban J connectivity index is 0.000000195. The molecule has 4 aliphatic heterocycles. The number of aliphatic hydroxyl groups is 2. The van der Waals surface area contributed by atoms with Crippen LogP contribution >= 0.6 is 0 Å². The molecule has 26 heteroatoms. The first-order chi connectivity index (χ1) is 37.2. The van der Waals surface area contributed by atoms with Gasteiger partial charge in [0.15, 0.2) is 23.0 Å². The lowest BCUT2D eigenvalue weighted by Gasteiger charge is -2.48. The molecule has 0 saturated carbocycles. The minimum Gasteiger partial charge on any atom is -0.453 e. The van der Waals surface area contributed by atoms with Crippen LogP contribution in [0.15, 0.2) is 155 Å². The standard InChI is InChI=1S/C29H30F3N3O7S.C24H22F3N3O5S/c1-28(2,3)42-27(37)34-16-20(33-43(38,39)19-14-12-18(13-15-19)41-29(30,31)32)26(36)23(17-34)35-21-8-4-6-10-24(21)40-25-11-7-5-9-22(25)35;25-24(26,27)35-15-9-11-16(12-10-15)36(32,33)29-17-13-28-14-20(23(17)31)30-18-5-1-3-7-21(18)34-22-8-4-2-6-19(22)30/h4-15,20,23,26,33,36H,16-17H2,1-3H3;1-12,17,20,23,28-29,31H,13-14H2/t20-,23+,26+;17-,20+,23+/m00/s1. The second-order valence-electron chi connectivity index (χ2n) is 19.5. The third-order valence-electron chi connectivity index (χ3n) is 12.8. The number of piperidine rings is 2. The Morgan fingerprint density at radius 1 is 0.544 bits per heavy atom. The third kappa shape index (κ3) is 13.1. The van der Waals surface area contributed by atoms with Gasteiger partial charge in [0.25, 0.3) is 0 Å². The highest BCUT2D eigenvalue weighted by Gasteiger charge is 2.46. The number of ether oxygens (including phenoxy) is 5. The first-order valence-corrected chi connectivity index (χ1v) is 27.3. The first-order valence-electron chi connectivity index (χ1n) is 24.3. The highest BCUT2D eigenvalue weighted by Crippen LogP contribution is 2.50. The zero-order chi connectivity index (χ0) is 56.7. The molecule has 0 aliphatic carbocycles. The lowest BCUT2D eigenvalue weighted by molar-refractivity contribution is -0.275. The van der Waals surface area contributed by atoms with E-state index in [2.05, 4.69) is 24.2 Å². The van der Waals surface area contributed by atoms with Crippen LogP contribution in [0.3, 0.4) is 0 Å². The fourth-order valence-electron chi connectivity index (χ4n) is 9.45. The number of carbonyl (C=O) groups is 1. The van der Waals surface area contributed by atoms with E-state index in [1.54, 1.807) is 74.2 Å². The molecule has 1 amide bonds. The van der Waals surface area contributed by atoms with E-state index >= 15 is 0 Å². The number of sulfonamides is 2. The van der Waals surface area contributed by atoms with E-state index in [9.17, 15) is 58.2 Å². The lowest BCUT2D eigenvalue weighted by Crippen LogP contribution is -2.66. The van der Waals surface area contributed by atoms with Gasteiger partial charge in [-0.1, -0.05) is 48.5 Å². The van der Waals surface area contributed by atoms with Gasteiger partial charge in [-0.15, -0.1) is 26.3 Å². The second-order valence-corrected chi connectivity index (χ2v) is 22.9. The number of amides is 1. The number of benzene rings is 6. The van der Waals surface area contributed by atoms with Gasteiger partial charge in [-0.05, 0) is 118 Å². The van der Waals surface area contributed by atoms with Gasteiger partial charge in [-0.3, -0.25) is 0 Å². The molecule has 420 valence electrons. The average molecular weight is 1140 g/mol. The smallest absolute Gasteiger partial charge is 0.453 e. The molecule has 0 aromatic heterocycles. The molecular weight excluding hydrogens is 1090 g/mol. The minimum atomic E-state index is -4.94. The number of aliphatic hydroxyl groups excluding tert-OH is 2. The molecule has 2 fully saturated rings. The molecule has 18 nitrogen and oxygen atoms in total. The van der Waals surface area contributed by atoms with Crippen molar-refractivity contribution in [3.63, 3.8) is 0 Å². The van der Waals surface area contributed by atoms with Crippen LogP contribution in [0, 0.1) is 0 Å². The molecular formula is C53H52F6N6O12S2. The summed E-state index contributed by atoms with van der Waals surface area (Å²) in [6.07, 6.45) is -13.0. The Labute approximate surface area is 450 Å². The number of anilines is 4. The molecule has 5 N–H and O–H groups in total. The molecule has 79 heavy (non-hydrogen) atoms. The van der Waals surface area contributed by atoms with Crippen molar-refractivity contribution in [1.82, 2.24) is 19.7 Å². The summed E-state index contributed by atoms with van der Waals surface area (Å²) in [6, 6.07) is 32.9. The number of fused-ring (bicyclic) bond motifs is 4. The van der Waals surface area contributed by atoms with Crippen LogP contribution in [0.4, 0.5) is 53.9 Å². The quantitative estimate of drug-likeness (QED) is 0.0811. The summed E-state index contributed by atoms with van der Waals surface area (Å²) in [7, 11) is -8.54. The lowest BCUT2D eigenvalue weighted by atomic mass is 9.94. The van der Waals surface area contributed by atoms with E-state index < -0.39 is 92.3 Å². The Kier molecular flexibility index (Phi) is 15.8. The first kappa shape index (κ1) is 56.4. The summed E-state index contributed by atoms with van der Waals surface area (Å²) >= 11 is 0. The molecule has 6 aromatic rings. The van der Waals surface area contributed by atoms with Crippen molar-refractivity contribution in [3.05, 3.63) is 146 Å². The van der Waals surface area contributed by atoms with Gasteiger partial charge in [-0.25, -0.2) is 31.1 Å². The summed E-state index contributed by atoms with van der Waals surface area (Å²) in [4.78, 5) is 17.7. The Hall–Kier alpha value is -7.33. The minimum absolute atomic E-state index is 0.0273. The Morgan fingerprint density at radius 2 is 0.911 bits per heavy atom. The van der Waals surface area contributed by atoms with Crippen molar-refractivity contribution in [2.24, 2.45) is 0 Å². The van der Waals surface area contributed by atoms with Gasteiger partial charge in [0.2, 0.25) is 20.0 Å². The van der Waals surface area contributed by atoms with Crippen molar-refractivity contribution in [2.45, 2.75) is 85.3 Å². The van der Waals surface area contributed by atoms with Crippen LogP contribution in [-0.2, 0) is 24.8 Å². The molecule has 0 spiro atoms. The summed E-state index contributed by atoms with van der Waals surface area (Å²) in [5.41, 5.74) is 1.80. The maximum absolute atomic E-state index is 13.4. The van der Waals surface area contributed by atoms with Gasteiger partial charge in [0.05, 0.1) is 68.9 Å². The number of nitrogens with zero attached hydrogens (tertiary/aromatic N) is 3. The highest BCUT2D eigenvalue weighted by atomic mass is 32.2. The van der Waals surface area contributed by atoms with E-state index in [4.69, 9.17) is 14.2 Å². The summed E-state index contributed by atoms with van der Waals surface area (Å²) in [5, 5.41) is 26.2. The SMILES string of the molecule is CC(C)(C)OC(=O)N1C[C@H](NS(=O)(=O)c2ccc(OC(F)(F)F)cc2)[C@@H](O)[C@H](N2c3ccccc3Oc3ccccc32)C1.O=S(=O)(N[C@H]1CNC[C@@H](N2c3ccccc3Oc3ccccc32)[C@@H]1O)c1ccc(OC(F)(F)F)cc1. The number of para-hydroxylation sites is 8. The van der Waals surface area contributed by atoms with E-state index in [-0.39, 0.29) is 29.4 Å². The number of nitrogens with one attached hydrogen (secondary N) is 3. The number of hydrogen-bond donors (Lipinski definition) is 5. The van der Waals surface area contributed by atoms with Crippen LogP contribution in [0.5, 0.6) is 34.5 Å². The fourth-order valence-corrected chi connectivity index (χ4v) is 11.9.